The minimum atomic E-state index is 0.910. The van der Waals surface area contributed by atoms with E-state index in [2.05, 4.69) is 6.58 Å². The van der Waals surface area contributed by atoms with E-state index in [4.69, 9.17) is 9.47 Å². The molecular formula is C27H40O2. The summed E-state index contributed by atoms with van der Waals surface area (Å²) in [5, 5.41) is 0. The second-order valence-corrected chi connectivity index (χ2v) is 4.60. The molecule has 0 bridgehead atoms. The van der Waals surface area contributed by atoms with Gasteiger partial charge in [-0.25, -0.2) is 0 Å². The number of benzene rings is 3. The van der Waals surface area contributed by atoms with E-state index in [0.717, 1.165) is 11.5 Å². The Morgan fingerprint density at radius 3 is 0.828 bits per heavy atom. The first kappa shape index (κ1) is 30.7. The Morgan fingerprint density at radius 1 is 0.517 bits per heavy atom. The minimum Gasteiger partial charge on any atom is -0.497 e. The van der Waals surface area contributed by atoms with E-state index >= 15 is 0 Å². The lowest BCUT2D eigenvalue weighted by molar-refractivity contribution is 0.414. The highest BCUT2D eigenvalue weighted by molar-refractivity contribution is 5.21. The highest BCUT2D eigenvalue weighted by Crippen LogP contribution is 2.06. The van der Waals surface area contributed by atoms with Crippen LogP contribution in [-0.4, -0.2) is 14.2 Å². The van der Waals surface area contributed by atoms with Gasteiger partial charge in [-0.05, 0) is 31.2 Å². The van der Waals surface area contributed by atoms with E-state index in [1.165, 1.54) is 0 Å². The Balaban J connectivity index is -0.000000305. The van der Waals surface area contributed by atoms with Crippen molar-refractivity contribution in [1.29, 1.82) is 0 Å². The lowest BCUT2D eigenvalue weighted by Crippen LogP contribution is -1.78. The normalized spacial score (nSPS) is 7.28. The highest BCUT2D eigenvalue weighted by atomic mass is 16.5. The van der Waals surface area contributed by atoms with Gasteiger partial charge in [0.25, 0.3) is 0 Å². The molecule has 0 saturated heterocycles. The summed E-state index contributed by atoms with van der Waals surface area (Å²) in [6.07, 6.45) is 1.75. The number of hydrogen-bond acceptors (Lipinski definition) is 2. The summed E-state index contributed by atoms with van der Waals surface area (Å²) in [6.45, 7) is 13.2. The van der Waals surface area contributed by atoms with Crippen LogP contribution in [0.5, 0.6) is 11.5 Å². The zero-order valence-corrected chi connectivity index (χ0v) is 19.3. The van der Waals surface area contributed by atoms with E-state index in [-0.39, 0.29) is 0 Å². The van der Waals surface area contributed by atoms with Crippen molar-refractivity contribution in [3.8, 4) is 11.5 Å². The summed E-state index contributed by atoms with van der Waals surface area (Å²) < 4.78 is 9.83. The van der Waals surface area contributed by atoms with Crippen molar-refractivity contribution in [2.45, 2.75) is 34.6 Å². The molecule has 0 aromatic heterocycles. The fourth-order valence-electron chi connectivity index (χ4n) is 1.50. The maximum Gasteiger partial charge on any atom is 0.118 e. The largest absolute Gasteiger partial charge is 0.497 e. The molecule has 0 saturated carbocycles. The summed E-state index contributed by atoms with van der Waals surface area (Å²) in [7, 11) is 3.32. The van der Waals surface area contributed by atoms with Gasteiger partial charge in [0, 0.05) is 0 Å². The molecule has 0 atom stereocenters. The zero-order valence-electron chi connectivity index (χ0n) is 19.3. The van der Waals surface area contributed by atoms with E-state index in [9.17, 15) is 0 Å². The molecule has 0 spiro atoms. The Kier molecular flexibility index (Phi) is 31.5. The second-order valence-electron chi connectivity index (χ2n) is 4.60. The molecule has 0 heterocycles. The Hall–Kier alpha value is -3.00. The van der Waals surface area contributed by atoms with Crippen molar-refractivity contribution in [3.63, 3.8) is 0 Å². The fourth-order valence-corrected chi connectivity index (χ4v) is 1.50. The molecule has 160 valence electrons. The molecule has 3 aromatic carbocycles. The van der Waals surface area contributed by atoms with Crippen LogP contribution in [0.4, 0.5) is 0 Å². The van der Waals surface area contributed by atoms with Crippen molar-refractivity contribution in [2.24, 2.45) is 0 Å². The van der Waals surface area contributed by atoms with Crippen molar-refractivity contribution < 1.29 is 9.47 Å². The molecule has 2 heteroatoms. The SMILES string of the molecule is C=CC.CC.CC.COc1ccccc1.COc1ccccc1.c1ccccc1. The van der Waals surface area contributed by atoms with Crippen molar-refractivity contribution >= 4 is 0 Å². The maximum atomic E-state index is 4.91. The summed E-state index contributed by atoms with van der Waals surface area (Å²) >= 11 is 0. The van der Waals surface area contributed by atoms with Gasteiger partial charge in [0.05, 0.1) is 14.2 Å². The van der Waals surface area contributed by atoms with Crippen LogP contribution in [0.15, 0.2) is 110 Å². The number of rotatable bonds is 2. The fraction of sp³-hybridized carbons (Fsp3) is 0.259. The molecule has 0 aliphatic heterocycles. The topological polar surface area (TPSA) is 18.5 Å². The molecule has 0 amide bonds. The predicted octanol–water partition coefficient (Wildman–Crippen LogP) is 8.32. The van der Waals surface area contributed by atoms with Gasteiger partial charge in [-0.2, -0.15) is 0 Å². The van der Waals surface area contributed by atoms with Crippen LogP contribution in [0.2, 0.25) is 0 Å². The van der Waals surface area contributed by atoms with E-state index in [1.54, 1.807) is 20.3 Å². The highest BCUT2D eigenvalue weighted by Gasteiger charge is 1.80. The van der Waals surface area contributed by atoms with Gasteiger partial charge in [0.2, 0.25) is 0 Å². The Labute approximate surface area is 179 Å². The summed E-state index contributed by atoms with van der Waals surface area (Å²) in [5.41, 5.74) is 0. The van der Waals surface area contributed by atoms with E-state index < -0.39 is 0 Å². The van der Waals surface area contributed by atoms with Crippen LogP contribution in [0.1, 0.15) is 34.6 Å². The molecule has 2 nitrogen and oxygen atoms in total. The molecule has 0 radical (unpaired) electrons. The lowest BCUT2D eigenvalue weighted by atomic mass is 10.3. The smallest absolute Gasteiger partial charge is 0.118 e. The number of allylic oxidation sites excluding steroid dienone is 1. The molecule has 0 unspecified atom stereocenters. The first-order valence-corrected chi connectivity index (χ1v) is 10.0. The van der Waals surface area contributed by atoms with Gasteiger partial charge < -0.3 is 9.47 Å². The summed E-state index contributed by atoms with van der Waals surface area (Å²) in [6, 6.07) is 31.4. The van der Waals surface area contributed by atoms with Gasteiger partial charge in [0.15, 0.2) is 0 Å². The van der Waals surface area contributed by atoms with Gasteiger partial charge >= 0.3 is 0 Å². The summed E-state index contributed by atoms with van der Waals surface area (Å²) in [5.74, 6) is 1.82. The average Bonchev–Trinajstić information content (AvgIpc) is 2.85. The molecule has 0 aliphatic rings. The number of ether oxygens (including phenoxy) is 2. The minimum absolute atomic E-state index is 0.910. The van der Waals surface area contributed by atoms with Gasteiger partial charge in [-0.15, -0.1) is 6.58 Å². The predicted molar refractivity (Wildman–Crippen MR) is 131 cm³/mol. The van der Waals surface area contributed by atoms with Crippen molar-refractivity contribution in [3.05, 3.63) is 110 Å². The van der Waals surface area contributed by atoms with Gasteiger partial charge in [0.1, 0.15) is 11.5 Å². The number of hydrogen-bond donors (Lipinski definition) is 0. The third-order valence-electron chi connectivity index (χ3n) is 2.62. The lowest BCUT2D eigenvalue weighted by Gasteiger charge is -1.93. The third kappa shape index (κ3) is 25.0. The first-order chi connectivity index (χ1) is 14.3. The molecule has 0 aliphatic carbocycles. The Morgan fingerprint density at radius 2 is 0.690 bits per heavy atom. The quantitative estimate of drug-likeness (QED) is 0.405. The molecule has 3 aromatic rings. The molecule has 3 rings (SSSR count). The van der Waals surface area contributed by atoms with Crippen LogP contribution in [0.3, 0.4) is 0 Å². The van der Waals surface area contributed by atoms with Gasteiger partial charge in [-0.1, -0.05) is 107 Å². The molecular weight excluding hydrogens is 356 g/mol. The monoisotopic (exact) mass is 396 g/mol. The van der Waals surface area contributed by atoms with E-state index in [1.807, 2.05) is 132 Å². The first-order valence-electron chi connectivity index (χ1n) is 10.0. The third-order valence-corrected chi connectivity index (χ3v) is 2.62. The average molecular weight is 397 g/mol. The number of methoxy groups -OCH3 is 2. The molecule has 0 N–H and O–H groups in total. The molecule has 0 fully saturated rings. The standard InChI is InChI=1S/2C7H8O.C6H6.C3H6.2C2H6/c2*1-8-7-5-3-2-4-6-7;1-2-4-6-5-3-1;1-3-2;2*1-2/h2*2-6H,1H3;1-6H;3H,1H2,2H3;2*1-2H3. The Bertz CT molecular complexity index is 542. The van der Waals surface area contributed by atoms with Crippen LogP contribution >= 0.6 is 0 Å². The molecule has 29 heavy (non-hydrogen) atoms. The van der Waals surface area contributed by atoms with Crippen molar-refractivity contribution in [2.75, 3.05) is 14.2 Å². The van der Waals surface area contributed by atoms with E-state index in [0.29, 0.717) is 0 Å². The van der Waals surface area contributed by atoms with Crippen LogP contribution in [0, 0.1) is 0 Å². The number of para-hydroxylation sites is 2. The van der Waals surface area contributed by atoms with Crippen molar-refractivity contribution in [1.82, 2.24) is 0 Å². The summed E-state index contributed by atoms with van der Waals surface area (Å²) in [4.78, 5) is 0. The van der Waals surface area contributed by atoms with Crippen LogP contribution in [0.25, 0.3) is 0 Å². The second kappa shape index (κ2) is 29.8. The van der Waals surface area contributed by atoms with Gasteiger partial charge in [-0.3, -0.25) is 0 Å². The zero-order chi connectivity index (χ0) is 22.6. The maximum absolute atomic E-state index is 4.91. The van der Waals surface area contributed by atoms with Crippen LogP contribution in [-0.2, 0) is 0 Å². The van der Waals surface area contributed by atoms with Crippen LogP contribution < -0.4 is 9.47 Å².